The molecular formula is C68H96N10O12. The maximum absolute atomic E-state index is 15.0. The van der Waals surface area contributed by atoms with E-state index in [2.05, 4.69) is 31.9 Å². The minimum Gasteiger partial charge on any atom is -0.444 e. The highest BCUT2D eigenvalue weighted by Gasteiger charge is 2.49. The number of amides is 10. The largest absolute Gasteiger partial charge is 0.444 e. The van der Waals surface area contributed by atoms with Crippen LogP contribution in [-0.2, 0) is 51.1 Å². The second-order valence-corrected chi connectivity index (χ2v) is 28.9. The van der Waals surface area contributed by atoms with E-state index in [4.69, 9.17) is 9.47 Å². The van der Waals surface area contributed by atoms with Crippen molar-refractivity contribution in [3.63, 3.8) is 0 Å². The van der Waals surface area contributed by atoms with Gasteiger partial charge in [-0.1, -0.05) is 90.1 Å². The van der Waals surface area contributed by atoms with Gasteiger partial charge in [0.05, 0.1) is 12.1 Å². The Hall–Kier alpha value is -8.04. The molecule has 2 unspecified atom stereocenters. The number of nitrogens with zero attached hydrogens (tertiary/aromatic N) is 4. The molecule has 2 aliphatic carbocycles. The molecule has 6 N–H and O–H groups in total. The van der Waals surface area contributed by atoms with Crippen LogP contribution in [0.5, 0.6) is 0 Å². The molecule has 2 heterocycles. The molecule has 3 aromatic carbocycles. The zero-order chi connectivity index (χ0) is 66.5. The fraction of sp³-hybridized carbons (Fsp3) is 0.588. The standard InChI is InChI=1S/C68H96N10O12/c1-39(75(15)63(87)89-67(9,10)11)55(79)73-53(65(3,4)5)61(85)77-37-45(35-51(77)59(83)71-49-29-21-25-41-23-17-19-27-47(41)49)69-57(81)43-31-33-44(34-32-43)58(82)70-46-36-52(60(84)72-50-30-22-26-42-24-18-20-28-48(42)50)78(38-46)62(86)54(66(6,7)8)74-56(80)40(2)76(16)64(88)90-68(12,13)14/h17-20,23-24,27-28,31-34,39-40,45-46,49-54H,21-22,25-26,29-30,35-38H2,1-16H3,(H,69,81)(H,70,82)(H,71,83)(H,72,84)(H,73,79)(H,74,80)/t39-,40-,45-,46?,49+,50+,51?,52-,53+,54+/m0/s1. The van der Waals surface area contributed by atoms with Crippen LogP contribution in [0.2, 0.25) is 0 Å². The third-order valence-corrected chi connectivity index (χ3v) is 17.3. The van der Waals surface area contributed by atoms with Crippen molar-refractivity contribution in [3.8, 4) is 0 Å². The van der Waals surface area contributed by atoms with Gasteiger partial charge in [0.1, 0.15) is 47.5 Å². The molecule has 10 atom stereocenters. The zero-order valence-corrected chi connectivity index (χ0v) is 55.5. The predicted molar refractivity (Wildman–Crippen MR) is 339 cm³/mol. The molecule has 0 radical (unpaired) electrons. The highest BCUT2D eigenvalue weighted by atomic mass is 16.6. The van der Waals surface area contributed by atoms with Crippen LogP contribution < -0.4 is 31.9 Å². The van der Waals surface area contributed by atoms with E-state index in [1.54, 1.807) is 83.1 Å². The Morgan fingerprint density at radius 1 is 0.489 bits per heavy atom. The molecule has 2 saturated heterocycles. The van der Waals surface area contributed by atoms with E-state index >= 15 is 9.59 Å². The van der Waals surface area contributed by atoms with Crippen molar-refractivity contribution >= 4 is 59.4 Å². The number of hydrogen-bond acceptors (Lipinski definition) is 12. The van der Waals surface area contributed by atoms with Gasteiger partial charge in [-0.2, -0.15) is 0 Å². The molecule has 490 valence electrons. The molecule has 0 spiro atoms. The summed E-state index contributed by atoms with van der Waals surface area (Å²) in [7, 11) is 2.87. The Balaban J connectivity index is 1.07. The summed E-state index contributed by atoms with van der Waals surface area (Å²) in [6.45, 7) is 23.9. The lowest BCUT2D eigenvalue weighted by Crippen LogP contribution is -2.60. The summed E-state index contributed by atoms with van der Waals surface area (Å²) >= 11 is 0. The monoisotopic (exact) mass is 1240 g/mol. The number of ether oxygens (including phenoxy) is 2. The lowest BCUT2D eigenvalue weighted by atomic mass is 9.85. The van der Waals surface area contributed by atoms with Crippen LogP contribution >= 0.6 is 0 Å². The van der Waals surface area contributed by atoms with Gasteiger partial charge in [-0.15, -0.1) is 0 Å². The van der Waals surface area contributed by atoms with Gasteiger partial charge >= 0.3 is 12.2 Å². The van der Waals surface area contributed by atoms with Gasteiger partial charge in [-0.3, -0.25) is 48.2 Å². The summed E-state index contributed by atoms with van der Waals surface area (Å²) < 4.78 is 11.0. The van der Waals surface area contributed by atoms with E-state index in [-0.39, 0.29) is 49.1 Å². The number of likely N-dealkylation sites (tertiary alicyclic amines) is 2. The Bertz CT molecular complexity index is 2970. The molecule has 3 aromatic rings. The van der Waals surface area contributed by atoms with E-state index in [1.165, 1.54) is 62.0 Å². The topological polar surface area (TPSA) is 274 Å². The summed E-state index contributed by atoms with van der Waals surface area (Å²) in [4.78, 5) is 147. The molecule has 22 heteroatoms. The van der Waals surface area contributed by atoms with E-state index in [9.17, 15) is 38.4 Å². The summed E-state index contributed by atoms with van der Waals surface area (Å²) in [5.74, 6) is -4.23. The van der Waals surface area contributed by atoms with Gasteiger partial charge < -0.3 is 51.2 Å². The van der Waals surface area contributed by atoms with E-state index in [1.807, 2.05) is 48.5 Å². The number of hydrogen-bond donors (Lipinski definition) is 6. The van der Waals surface area contributed by atoms with Gasteiger partial charge in [-0.05, 0) is 164 Å². The second kappa shape index (κ2) is 28.0. The maximum Gasteiger partial charge on any atom is 0.410 e. The highest BCUT2D eigenvalue weighted by Crippen LogP contribution is 2.34. The minimum absolute atomic E-state index is 0.0437. The van der Waals surface area contributed by atoms with Gasteiger partial charge in [0.2, 0.25) is 35.4 Å². The second-order valence-electron chi connectivity index (χ2n) is 28.9. The molecule has 0 saturated carbocycles. The predicted octanol–water partition coefficient (Wildman–Crippen LogP) is 7.05. The molecule has 2 fully saturated rings. The first-order valence-electron chi connectivity index (χ1n) is 31.5. The Morgan fingerprint density at radius 2 is 0.822 bits per heavy atom. The molecule has 90 heavy (non-hydrogen) atoms. The average molecular weight is 1250 g/mol. The number of rotatable bonds is 16. The molecular weight excluding hydrogens is 1150 g/mol. The van der Waals surface area contributed by atoms with Crippen molar-refractivity contribution in [3.05, 3.63) is 106 Å². The fourth-order valence-electron chi connectivity index (χ4n) is 12.0. The quantitative estimate of drug-likeness (QED) is 0.0843. The molecule has 10 amide bonds. The molecule has 4 aliphatic rings. The molecule has 0 bridgehead atoms. The number of benzene rings is 3. The van der Waals surface area contributed by atoms with E-state index in [0.29, 0.717) is 12.8 Å². The number of carbonyl (C=O) groups is 10. The van der Waals surface area contributed by atoms with Crippen molar-refractivity contribution in [1.29, 1.82) is 0 Å². The van der Waals surface area contributed by atoms with Crippen LogP contribution in [0.25, 0.3) is 0 Å². The van der Waals surface area contributed by atoms with Crippen molar-refractivity contribution in [2.24, 2.45) is 10.8 Å². The number of carbonyl (C=O) groups excluding carboxylic acids is 10. The third kappa shape index (κ3) is 17.3. The maximum atomic E-state index is 15.0. The normalized spacial score (nSPS) is 21.3. The summed E-state index contributed by atoms with van der Waals surface area (Å²) in [5, 5.41) is 18.2. The van der Waals surface area contributed by atoms with Crippen LogP contribution in [-0.4, -0.2) is 166 Å². The number of fused-ring (bicyclic) bond motifs is 2. The summed E-state index contributed by atoms with van der Waals surface area (Å²) in [5.41, 5.74) is 1.19. The van der Waals surface area contributed by atoms with Gasteiger partial charge in [0.25, 0.3) is 11.8 Å². The average Bonchev–Trinajstić information content (AvgIpc) is 1.59. The molecule has 0 aromatic heterocycles. The fourth-order valence-corrected chi connectivity index (χ4v) is 12.0. The van der Waals surface area contributed by atoms with Gasteiger partial charge in [0, 0.05) is 50.4 Å². The zero-order valence-electron chi connectivity index (χ0n) is 55.5. The first kappa shape index (κ1) is 69.4. The van der Waals surface area contributed by atoms with Crippen LogP contribution in [0.15, 0.2) is 72.8 Å². The van der Waals surface area contributed by atoms with Crippen molar-refractivity contribution in [1.82, 2.24) is 51.5 Å². The van der Waals surface area contributed by atoms with Gasteiger partial charge in [0.15, 0.2) is 0 Å². The first-order valence-corrected chi connectivity index (χ1v) is 31.5. The molecule has 7 rings (SSSR count). The summed E-state index contributed by atoms with van der Waals surface area (Å²) in [6, 6.07) is 13.1. The van der Waals surface area contributed by atoms with Crippen molar-refractivity contribution in [2.75, 3.05) is 27.2 Å². The lowest BCUT2D eigenvalue weighted by molar-refractivity contribution is -0.144. The van der Waals surface area contributed by atoms with E-state index < -0.39 is 130 Å². The lowest BCUT2D eigenvalue weighted by Gasteiger charge is -2.37. The Kier molecular flexibility index (Phi) is 21.6. The number of nitrogens with one attached hydrogen (secondary N) is 6. The van der Waals surface area contributed by atoms with Crippen LogP contribution in [0.3, 0.4) is 0 Å². The highest BCUT2D eigenvalue weighted by molar-refractivity contribution is 6.00. The molecule has 22 nitrogen and oxygen atoms in total. The van der Waals surface area contributed by atoms with Crippen molar-refractivity contribution in [2.45, 2.75) is 220 Å². The van der Waals surface area contributed by atoms with Crippen LogP contribution in [0.4, 0.5) is 9.59 Å². The van der Waals surface area contributed by atoms with Crippen molar-refractivity contribution < 1.29 is 57.4 Å². The van der Waals surface area contributed by atoms with Gasteiger partial charge in [-0.25, -0.2) is 9.59 Å². The Labute approximate surface area is 530 Å². The van der Waals surface area contributed by atoms with E-state index in [0.717, 1.165) is 57.7 Å². The smallest absolute Gasteiger partial charge is 0.410 e. The van der Waals surface area contributed by atoms with Crippen LogP contribution in [0.1, 0.15) is 191 Å². The number of aryl methyl sites for hydroxylation is 2. The number of likely N-dealkylation sites (N-methyl/N-ethyl adjacent to an activating group) is 2. The minimum atomic E-state index is -1.17. The third-order valence-electron chi connectivity index (χ3n) is 17.3. The first-order chi connectivity index (χ1) is 41.9. The molecule has 2 aliphatic heterocycles. The Morgan fingerprint density at radius 3 is 1.14 bits per heavy atom. The summed E-state index contributed by atoms with van der Waals surface area (Å²) in [6.07, 6.45) is 3.44. The van der Waals surface area contributed by atoms with Crippen LogP contribution in [0, 0.1) is 10.8 Å². The SMILES string of the molecule is C[C@@H](C(=O)N[C@H](C(=O)N1C[C@@H](NC(=O)c2ccc(C(=O)NC3C[C@@H](C(=O)N[C@@H]4CCCc5ccccc54)N(C(=O)[C@@H](NC(=O)[C@H](C)N(C)C(=O)OC(C)(C)C)C(C)(C)C)C3)cc2)CC1C(=O)N[C@@H]1CCCc2ccccc21)C(C)(C)C)N(C)C(=O)OC(C)(C)C.